The fourth-order valence-electron chi connectivity index (χ4n) is 2.68. The number of nitrogens with one attached hydrogen (secondary N) is 1. The summed E-state index contributed by atoms with van der Waals surface area (Å²) in [6, 6.07) is 12.3. The number of hydrogen-bond donors (Lipinski definition) is 2. The minimum atomic E-state index is -0.0688. The molecule has 4 heteroatoms. The molecule has 0 spiro atoms. The normalized spacial score (nSPS) is 14.8. The number of hydrogen-bond acceptors (Lipinski definition) is 4. The Morgan fingerprint density at radius 1 is 1.00 bits per heavy atom. The third kappa shape index (κ3) is 2.73. The highest BCUT2D eigenvalue weighted by atomic mass is 16.6. The fourth-order valence-corrected chi connectivity index (χ4v) is 2.68. The van der Waals surface area contributed by atoms with Crippen LogP contribution in [-0.4, -0.2) is 13.2 Å². The standard InChI is InChI=1S/C17H20N2O2/c1-11-3-4-12(2)14(9-11)17(19-18)13-5-6-15-16(10-13)21-8-7-20-15/h3-6,9-10,17,19H,7-8,18H2,1-2H3. The summed E-state index contributed by atoms with van der Waals surface area (Å²) in [7, 11) is 0. The molecular formula is C17H20N2O2. The number of hydrazine groups is 1. The molecule has 1 aliphatic rings. The number of rotatable bonds is 3. The SMILES string of the molecule is Cc1ccc(C)c(C(NN)c2ccc3c(c2)OCCO3)c1. The van der Waals surface area contributed by atoms with Gasteiger partial charge in [0.2, 0.25) is 0 Å². The average Bonchev–Trinajstić information content (AvgIpc) is 2.51. The summed E-state index contributed by atoms with van der Waals surface area (Å²) in [5.41, 5.74) is 7.58. The topological polar surface area (TPSA) is 56.5 Å². The van der Waals surface area contributed by atoms with Gasteiger partial charge < -0.3 is 9.47 Å². The summed E-state index contributed by atoms with van der Waals surface area (Å²) >= 11 is 0. The maximum absolute atomic E-state index is 5.81. The summed E-state index contributed by atoms with van der Waals surface area (Å²) in [5, 5.41) is 0. The minimum absolute atomic E-state index is 0.0688. The lowest BCUT2D eigenvalue weighted by atomic mass is 9.94. The Hall–Kier alpha value is -2.04. The van der Waals surface area contributed by atoms with Crippen molar-refractivity contribution in [2.45, 2.75) is 19.9 Å². The Balaban J connectivity index is 2.01. The van der Waals surface area contributed by atoms with Crippen LogP contribution < -0.4 is 20.7 Å². The molecule has 0 radical (unpaired) electrons. The van der Waals surface area contributed by atoms with Crippen LogP contribution in [0.5, 0.6) is 11.5 Å². The zero-order valence-corrected chi connectivity index (χ0v) is 12.3. The van der Waals surface area contributed by atoms with E-state index in [1.165, 1.54) is 16.7 Å². The zero-order chi connectivity index (χ0) is 14.8. The van der Waals surface area contributed by atoms with Gasteiger partial charge in [-0.15, -0.1) is 0 Å². The monoisotopic (exact) mass is 284 g/mol. The van der Waals surface area contributed by atoms with Crippen LogP contribution in [0.2, 0.25) is 0 Å². The molecule has 0 aromatic heterocycles. The molecule has 0 aliphatic carbocycles. The van der Waals surface area contributed by atoms with Gasteiger partial charge in [-0.25, -0.2) is 5.43 Å². The van der Waals surface area contributed by atoms with Gasteiger partial charge in [0.15, 0.2) is 11.5 Å². The van der Waals surface area contributed by atoms with Crippen LogP contribution >= 0.6 is 0 Å². The van der Waals surface area contributed by atoms with E-state index in [0.717, 1.165) is 17.1 Å². The lowest BCUT2D eigenvalue weighted by Gasteiger charge is -2.23. The molecule has 1 heterocycles. The number of nitrogens with two attached hydrogens (primary N) is 1. The van der Waals surface area contributed by atoms with Crippen LogP contribution in [0, 0.1) is 13.8 Å². The highest BCUT2D eigenvalue weighted by molar-refractivity contribution is 5.47. The van der Waals surface area contributed by atoms with E-state index in [1.807, 2.05) is 18.2 Å². The Morgan fingerprint density at radius 3 is 2.52 bits per heavy atom. The highest BCUT2D eigenvalue weighted by Gasteiger charge is 2.19. The number of fused-ring (bicyclic) bond motifs is 1. The van der Waals surface area contributed by atoms with Crippen LogP contribution in [0.1, 0.15) is 28.3 Å². The third-order valence-electron chi connectivity index (χ3n) is 3.81. The van der Waals surface area contributed by atoms with Gasteiger partial charge in [-0.1, -0.05) is 29.8 Å². The molecule has 0 bridgehead atoms. The second-order valence-corrected chi connectivity index (χ2v) is 5.36. The van der Waals surface area contributed by atoms with Crippen molar-refractivity contribution in [3.8, 4) is 11.5 Å². The van der Waals surface area contributed by atoms with E-state index in [-0.39, 0.29) is 6.04 Å². The van der Waals surface area contributed by atoms with Crippen molar-refractivity contribution in [1.82, 2.24) is 5.43 Å². The van der Waals surface area contributed by atoms with Crippen LogP contribution in [0.15, 0.2) is 36.4 Å². The van der Waals surface area contributed by atoms with Crippen molar-refractivity contribution in [1.29, 1.82) is 0 Å². The maximum Gasteiger partial charge on any atom is 0.161 e. The van der Waals surface area contributed by atoms with Crippen molar-refractivity contribution in [3.63, 3.8) is 0 Å². The average molecular weight is 284 g/mol. The molecule has 4 nitrogen and oxygen atoms in total. The molecule has 2 aromatic carbocycles. The van der Waals surface area contributed by atoms with Gasteiger partial charge in [-0.05, 0) is 42.7 Å². The van der Waals surface area contributed by atoms with E-state index in [0.29, 0.717) is 13.2 Å². The number of aryl methyl sites for hydroxylation is 2. The lowest BCUT2D eigenvalue weighted by Crippen LogP contribution is -2.29. The molecular weight excluding hydrogens is 264 g/mol. The van der Waals surface area contributed by atoms with Gasteiger partial charge in [0.25, 0.3) is 0 Å². The van der Waals surface area contributed by atoms with E-state index in [1.54, 1.807) is 0 Å². The van der Waals surface area contributed by atoms with Crippen molar-refractivity contribution >= 4 is 0 Å². The Bertz CT molecular complexity index is 655. The Labute approximate surface area is 124 Å². The lowest BCUT2D eigenvalue weighted by molar-refractivity contribution is 0.171. The van der Waals surface area contributed by atoms with Crippen LogP contribution in [0.3, 0.4) is 0 Å². The molecule has 3 rings (SSSR count). The van der Waals surface area contributed by atoms with Gasteiger partial charge in [-0.2, -0.15) is 0 Å². The second-order valence-electron chi connectivity index (χ2n) is 5.36. The quantitative estimate of drug-likeness (QED) is 0.672. The van der Waals surface area contributed by atoms with E-state index >= 15 is 0 Å². The fraction of sp³-hybridized carbons (Fsp3) is 0.294. The zero-order valence-electron chi connectivity index (χ0n) is 12.3. The van der Waals surface area contributed by atoms with Crippen LogP contribution in [-0.2, 0) is 0 Å². The number of ether oxygens (including phenoxy) is 2. The van der Waals surface area contributed by atoms with Crippen LogP contribution in [0.4, 0.5) is 0 Å². The summed E-state index contributed by atoms with van der Waals surface area (Å²) < 4.78 is 11.2. The van der Waals surface area contributed by atoms with Crippen molar-refractivity contribution in [3.05, 3.63) is 58.7 Å². The molecule has 110 valence electrons. The van der Waals surface area contributed by atoms with Gasteiger partial charge >= 0.3 is 0 Å². The van der Waals surface area contributed by atoms with Gasteiger partial charge in [0.1, 0.15) is 13.2 Å². The Kier molecular flexibility index (Phi) is 3.82. The molecule has 21 heavy (non-hydrogen) atoms. The largest absolute Gasteiger partial charge is 0.486 e. The second kappa shape index (κ2) is 5.76. The van der Waals surface area contributed by atoms with Gasteiger partial charge in [-0.3, -0.25) is 5.84 Å². The summed E-state index contributed by atoms with van der Waals surface area (Å²) in [6.45, 7) is 5.36. The maximum atomic E-state index is 5.81. The van der Waals surface area contributed by atoms with E-state index < -0.39 is 0 Å². The minimum Gasteiger partial charge on any atom is -0.486 e. The van der Waals surface area contributed by atoms with E-state index in [4.69, 9.17) is 15.3 Å². The molecule has 0 fully saturated rings. The molecule has 2 aromatic rings. The predicted molar refractivity (Wildman–Crippen MR) is 82.5 cm³/mol. The molecule has 1 atom stereocenters. The summed E-state index contributed by atoms with van der Waals surface area (Å²) in [6.07, 6.45) is 0. The molecule has 1 unspecified atom stereocenters. The summed E-state index contributed by atoms with van der Waals surface area (Å²) in [5.74, 6) is 7.38. The third-order valence-corrected chi connectivity index (χ3v) is 3.81. The molecule has 0 saturated heterocycles. The highest BCUT2D eigenvalue weighted by Crippen LogP contribution is 2.34. The van der Waals surface area contributed by atoms with Gasteiger partial charge in [0.05, 0.1) is 6.04 Å². The first-order valence-electron chi connectivity index (χ1n) is 7.12. The van der Waals surface area contributed by atoms with Gasteiger partial charge in [0, 0.05) is 0 Å². The first kappa shape index (κ1) is 13.9. The molecule has 0 saturated carbocycles. The smallest absolute Gasteiger partial charge is 0.161 e. The van der Waals surface area contributed by atoms with Crippen LogP contribution in [0.25, 0.3) is 0 Å². The predicted octanol–water partition coefficient (Wildman–Crippen LogP) is 2.63. The van der Waals surface area contributed by atoms with E-state index in [9.17, 15) is 0 Å². The first-order chi connectivity index (χ1) is 10.2. The number of benzene rings is 2. The Morgan fingerprint density at radius 2 is 1.76 bits per heavy atom. The van der Waals surface area contributed by atoms with Crippen molar-refractivity contribution in [2.75, 3.05) is 13.2 Å². The van der Waals surface area contributed by atoms with Crippen molar-refractivity contribution < 1.29 is 9.47 Å². The van der Waals surface area contributed by atoms with Crippen molar-refractivity contribution in [2.24, 2.45) is 5.84 Å². The molecule has 3 N–H and O–H groups in total. The molecule has 1 aliphatic heterocycles. The van der Waals surface area contributed by atoms with E-state index in [2.05, 4.69) is 37.5 Å². The molecule has 0 amide bonds. The summed E-state index contributed by atoms with van der Waals surface area (Å²) in [4.78, 5) is 0. The first-order valence-corrected chi connectivity index (χ1v) is 7.12.